The van der Waals surface area contributed by atoms with Gasteiger partial charge < -0.3 is 34.5 Å². The molecule has 1 aliphatic heterocycles. The zero-order chi connectivity index (χ0) is 29.4. The molecule has 214 valence electrons. The molecule has 4 rings (SSSR count). The maximum atomic E-state index is 13.5. The molecule has 2 N–H and O–H groups in total. The Morgan fingerprint density at radius 2 is 0.975 bits per heavy atom. The van der Waals surface area contributed by atoms with E-state index in [4.69, 9.17) is 4.74 Å². The number of ether oxygens (including phenoxy) is 1. The highest BCUT2D eigenvalue weighted by atomic mass is 16.6. The van der Waals surface area contributed by atoms with E-state index < -0.39 is 11.6 Å². The third kappa shape index (κ3) is 5.71. The summed E-state index contributed by atoms with van der Waals surface area (Å²) >= 11 is 0. The Morgan fingerprint density at radius 3 is 1.32 bits per heavy atom. The summed E-state index contributed by atoms with van der Waals surface area (Å²) in [6.07, 6.45) is 0. The van der Waals surface area contributed by atoms with Crippen LogP contribution >= 0.6 is 0 Å². The molecule has 40 heavy (non-hydrogen) atoms. The molecule has 0 radical (unpaired) electrons. The number of carbonyl (C=O) groups excluding carboxylic acids is 1. The minimum absolute atomic E-state index is 0.242. The second-order valence-corrected chi connectivity index (χ2v) is 11.9. The average Bonchev–Trinajstić information content (AvgIpc) is 3.16. The van der Waals surface area contributed by atoms with Crippen molar-refractivity contribution in [1.82, 2.24) is 19.6 Å². The largest absolute Gasteiger partial charge is 0.507 e. The van der Waals surface area contributed by atoms with Crippen LogP contribution in [0.1, 0.15) is 49.3 Å². The van der Waals surface area contributed by atoms with Crippen molar-refractivity contribution in [2.45, 2.75) is 31.8 Å². The van der Waals surface area contributed by atoms with Gasteiger partial charge in [-0.1, -0.05) is 18.2 Å². The zero-order valence-electron chi connectivity index (χ0n) is 24.9. The highest BCUT2D eigenvalue weighted by Gasteiger charge is 2.49. The number of cyclic esters (lactones) is 1. The second kappa shape index (κ2) is 11.6. The molecule has 0 saturated heterocycles. The minimum atomic E-state index is -1.26. The van der Waals surface area contributed by atoms with Crippen molar-refractivity contribution in [3.05, 3.63) is 93.0 Å². The smallest absolute Gasteiger partial charge is 0.340 e. The first kappa shape index (κ1) is 29.6. The maximum Gasteiger partial charge on any atom is 0.340 e. The molecule has 0 saturated carbocycles. The first-order chi connectivity index (χ1) is 18.8. The van der Waals surface area contributed by atoms with Crippen LogP contribution in [-0.2, 0) is 36.5 Å². The number of hydrogen-bond donors (Lipinski definition) is 2. The summed E-state index contributed by atoms with van der Waals surface area (Å²) < 4.78 is 6.45. The van der Waals surface area contributed by atoms with Crippen molar-refractivity contribution in [2.24, 2.45) is 0 Å². The maximum absolute atomic E-state index is 13.5. The summed E-state index contributed by atoms with van der Waals surface area (Å²) in [6, 6.07) is 15.3. The first-order valence-electron chi connectivity index (χ1n) is 13.5. The molecule has 8 nitrogen and oxygen atoms in total. The topological polar surface area (TPSA) is 79.7 Å². The van der Waals surface area contributed by atoms with Crippen LogP contribution in [0.25, 0.3) is 0 Å². The molecule has 3 aromatic carbocycles. The molecule has 0 spiro atoms. The van der Waals surface area contributed by atoms with Gasteiger partial charge in [-0.2, -0.15) is 0 Å². The molecule has 0 fully saturated rings. The fourth-order valence-corrected chi connectivity index (χ4v) is 5.58. The second-order valence-electron chi connectivity index (χ2n) is 11.9. The van der Waals surface area contributed by atoms with Gasteiger partial charge in [0.15, 0.2) is 5.60 Å². The van der Waals surface area contributed by atoms with Gasteiger partial charge in [0.2, 0.25) is 0 Å². The zero-order valence-corrected chi connectivity index (χ0v) is 24.9. The van der Waals surface area contributed by atoms with Gasteiger partial charge in [-0.3, -0.25) is 0 Å². The molecule has 1 aliphatic rings. The van der Waals surface area contributed by atoms with Gasteiger partial charge in [0, 0.05) is 65.1 Å². The van der Waals surface area contributed by atoms with Gasteiger partial charge in [0.25, 0.3) is 0 Å². The molecule has 3 aromatic rings. The molecule has 1 heterocycles. The van der Waals surface area contributed by atoms with Crippen LogP contribution < -0.4 is 0 Å². The highest BCUT2D eigenvalue weighted by Crippen LogP contribution is 2.49. The van der Waals surface area contributed by atoms with E-state index in [0.717, 1.165) is 38.9 Å². The van der Waals surface area contributed by atoms with Gasteiger partial charge in [0.05, 0.1) is 5.56 Å². The van der Waals surface area contributed by atoms with Gasteiger partial charge in [-0.05, 0) is 86.7 Å². The minimum Gasteiger partial charge on any atom is -0.507 e. The van der Waals surface area contributed by atoms with Gasteiger partial charge >= 0.3 is 5.97 Å². The standard InChI is InChI=1S/C32H42N4O4/c1-33(2)17-21-13-25(14-22(29(21)37)18-34(3)4)32(28-12-10-9-11-27(28)31(39)40-32)26-15-23(19-35(5)6)30(38)24(16-26)20-36(7)8/h9-16,37-38H,17-20H2,1-8H3. The molecular weight excluding hydrogens is 504 g/mol. The van der Waals surface area contributed by atoms with Crippen molar-refractivity contribution in [2.75, 3.05) is 56.4 Å². The SMILES string of the molecule is CN(C)Cc1cc(C2(c3cc(CN(C)C)c(O)c(CN(C)C)c3)OC(=O)c3ccccc32)cc(CN(C)C)c1O. The van der Waals surface area contributed by atoms with Gasteiger partial charge in [-0.25, -0.2) is 4.79 Å². The van der Waals surface area contributed by atoms with Crippen LogP contribution in [0.5, 0.6) is 11.5 Å². The fourth-order valence-electron chi connectivity index (χ4n) is 5.58. The molecule has 0 aromatic heterocycles. The lowest BCUT2D eigenvalue weighted by Crippen LogP contribution is -2.31. The van der Waals surface area contributed by atoms with Crippen molar-refractivity contribution in [1.29, 1.82) is 0 Å². The number of phenolic OH excluding ortho intramolecular Hbond substituents is 2. The molecule has 0 aliphatic carbocycles. The first-order valence-corrected chi connectivity index (χ1v) is 13.5. The van der Waals surface area contributed by atoms with E-state index in [1.165, 1.54) is 0 Å². The monoisotopic (exact) mass is 546 g/mol. The number of phenols is 2. The number of benzene rings is 3. The Balaban J connectivity index is 2.10. The summed E-state index contributed by atoms with van der Waals surface area (Å²) in [5.74, 6) is 0.0841. The third-order valence-corrected chi connectivity index (χ3v) is 7.07. The number of esters is 1. The Hall–Kier alpha value is -3.43. The number of carbonyl (C=O) groups is 1. The number of aromatic hydroxyl groups is 2. The van der Waals surface area contributed by atoms with E-state index in [0.29, 0.717) is 31.7 Å². The lowest BCUT2D eigenvalue weighted by molar-refractivity contribution is 0.0250. The van der Waals surface area contributed by atoms with Crippen LogP contribution in [-0.4, -0.2) is 92.2 Å². The van der Waals surface area contributed by atoms with Gasteiger partial charge in [0.1, 0.15) is 11.5 Å². The normalized spacial score (nSPS) is 14.4. The lowest BCUT2D eigenvalue weighted by atomic mass is 9.77. The van der Waals surface area contributed by atoms with Crippen molar-refractivity contribution in [3.63, 3.8) is 0 Å². The predicted molar refractivity (Wildman–Crippen MR) is 158 cm³/mol. The average molecular weight is 547 g/mol. The van der Waals surface area contributed by atoms with E-state index in [9.17, 15) is 15.0 Å². The Bertz CT molecular complexity index is 1260. The van der Waals surface area contributed by atoms with E-state index in [-0.39, 0.29) is 11.5 Å². The lowest BCUT2D eigenvalue weighted by Gasteiger charge is -2.33. The van der Waals surface area contributed by atoms with Crippen molar-refractivity contribution >= 4 is 5.97 Å². The van der Waals surface area contributed by atoms with Crippen molar-refractivity contribution in [3.8, 4) is 11.5 Å². The third-order valence-electron chi connectivity index (χ3n) is 7.07. The summed E-state index contributed by atoms with van der Waals surface area (Å²) in [4.78, 5) is 21.5. The highest BCUT2D eigenvalue weighted by molar-refractivity contribution is 5.96. The van der Waals surface area contributed by atoms with Crippen molar-refractivity contribution < 1.29 is 19.7 Å². The van der Waals surface area contributed by atoms with Crippen LogP contribution in [0, 0.1) is 0 Å². The van der Waals surface area contributed by atoms with Crippen LogP contribution in [0.4, 0.5) is 0 Å². The summed E-state index contributed by atoms with van der Waals surface area (Å²) in [5.41, 5.74) is 4.51. The van der Waals surface area contributed by atoms with E-state index in [1.807, 2.05) is 118 Å². The fraction of sp³-hybridized carbons (Fsp3) is 0.406. The quantitative estimate of drug-likeness (QED) is 0.372. The number of hydrogen-bond acceptors (Lipinski definition) is 8. The van der Waals surface area contributed by atoms with E-state index >= 15 is 0 Å². The molecule has 0 atom stereocenters. The van der Waals surface area contributed by atoms with Crippen LogP contribution in [0.3, 0.4) is 0 Å². The molecule has 0 bridgehead atoms. The molecule has 0 amide bonds. The van der Waals surface area contributed by atoms with Crippen LogP contribution in [0.15, 0.2) is 48.5 Å². The summed E-state index contributed by atoms with van der Waals surface area (Å²) in [6.45, 7) is 2.05. The van der Waals surface area contributed by atoms with E-state index in [2.05, 4.69) is 0 Å². The Kier molecular flexibility index (Phi) is 8.56. The molecule has 8 heteroatoms. The predicted octanol–water partition coefficient (Wildman–Crippen LogP) is 3.81. The molecule has 0 unspecified atom stereocenters. The molecular formula is C32H42N4O4. The number of nitrogens with zero attached hydrogens (tertiary/aromatic N) is 4. The van der Waals surface area contributed by atoms with Gasteiger partial charge in [-0.15, -0.1) is 0 Å². The number of rotatable bonds is 10. The van der Waals surface area contributed by atoms with E-state index in [1.54, 1.807) is 6.07 Å². The summed E-state index contributed by atoms with van der Waals surface area (Å²) in [7, 11) is 15.7. The van der Waals surface area contributed by atoms with Crippen LogP contribution in [0.2, 0.25) is 0 Å². The Labute approximate surface area is 238 Å². The summed E-state index contributed by atoms with van der Waals surface area (Å²) in [5, 5.41) is 22.5. The number of fused-ring (bicyclic) bond motifs is 1. The Morgan fingerprint density at radius 1 is 0.625 bits per heavy atom.